The van der Waals surface area contributed by atoms with Gasteiger partial charge in [-0.05, 0) is 49.9 Å². The molecule has 1 saturated heterocycles. The Hall–Kier alpha value is -2.37. The fourth-order valence-corrected chi connectivity index (χ4v) is 3.26. The number of urea groups is 1. The molecule has 1 unspecified atom stereocenters. The van der Waals surface area contributed by atoms with Crippen LogP contribution in [0.15, 0.2) is 24.3 Å². The minimum Gasteiger partial charge on any atom is -0.317 e. The van der Waals surface area contributed by atoms with Crippen molar-refractivity contribution in [3.05, 3.63) is 46.9 Å². The predicted molar refractivity (Wildman–Crippen MR) is 86.8 cm³/mol. The molecule has 1 aliphatic heterocycles. The Morgan fingerprint density at radius 2 is 2.13 bits per heavy atom. The fourth-order valence-electron chi connectivity index (χ4n) is 3.26. The van der Waals surface area contributed by atoms with Crippen molar-refractivity contribution >= 4 is 11.8 Å². The highest BCUT2D eigenvalue weighted by molar-refractivity contribution is 5.89. The molecule has 0 saturated carbocycles. The van der Waals surface area contributed by atoms with Crippen molar-refractivity contribution < 1.29 is 9.18 Å². The van der Waals surface area contributed by atoms with E-state index in [1.807, 2.05) is 24.8 Å². The second-order valence-electron chi connectivity index (χ2n) is 6.08. The van der Waals surface area contributed by atoms with Crippen molar-refractivity contribution in [3.8, 4) is 0 Å². The van der Waals surface area contributed by atoms with E-state index in [1.165, 1.54) is 12.1 Å². The van der Waals surface area contributed by atoms with Gasteiger partial charge in [0.2, 0.25) is 0 Å². The van der Waals surface area contributed by atoms with Gasteiger partial charge in [0.05, 0.1) is 11.7 Å². The van der Waals surface area contributed by atoms with Crippen LogP contribution in [0.5, 0.6) is 0 Å². The number of anilines is 1. The zero-order chi connectivity index (χ0) is 16.6. The Morgan fingerprint density at radius 3 is 2.78 bits per heavy atom. The molecule has 3 rings (SSSR count). The molecule has 1 aliphatic rings. The van der Waals surface area contributed by atoms with E-state index in [2.05, 4.69) is 10.4 Å². The number of nitrogens with one attached hydrogen (secondary N) is 1. The average molecular weight is 316 g/mol. The van der Waals surface area contributed by atoms with E-state index in [4.69, 9.17) is 0 Å². The van der Waals surface area contributed by atoms with Gasteiger partial charge in [0.25, 0.3) is 0 Å². The van der Waals surface area contributed by atoms with Gasteiger partial charge < -0.3 is 4.90 Å². The lowest BCUT2D eigenvalue weighted by molar-refractivity contribution is 0.206. The molecule has 2 amide bonds. The van der Waals surface area contributed by atoms with E-state index in [9.17, 15) is 9.18 Å². The first-order chi connectivity index (χ1) is 11.0. The molecule has 0 aliphatic carbocycles. The normalized spacial score (nSPS) is 17.6. The smallest absolute Gasteiger partial charge is 0.317 e. The Labute approximate surface area is 135 Å². The van der Waals surface area contributed by atoms with E-state index >= 15 is 0 Å². The molecule has 1 aromatic heterocycles. The number of carbonyl (C=O) groups excluding carboxylic acids is 1. The molecule has 1 fully saturated rings. The lowest BCUT2D eigenvalue weighted by atomic mass is 9.99. The zero-order valence-corrected chi connectivity index (χ0v) is 13.6. The summed E-state index contributed by atoms with van der Waals surface area (Å²) < 4.78 is 15.0. The molecule has 23 heavy (non-hydrogen) atoms. The lowest BCUT2D eigenvalue weighted by Crippen LogP contribution is -2.35. The first-order valence-corrected chi connectivity index (χ1v) is 7.80. The second-order valence-corrected chi connectivity index (χ2v) is 6.08. The molecule has 2 heterocycles. The number of aromatic nitrogens is 2. The van der Waals surface area contributed by atoms with E-state index in [0.29, 0.717) is 12.4 Å². The molecule has 2 aromatic rings. The SMILES string of the molecule is Cc1cc(NC(=O)N2CCCC2c2ccc(F)cc2C)n(C)n1. The summed E-state index contributed by atoms with van der Waals surface area (Å²) in [6.45, 7) is 4.47. The highest BCUT2D eigenvalue weighted by Gasteiger charge is 2.31. The highest BCUT2D eigenvalue weighted by atomic mass is 19.1. The summed E-state index contributed by atoms with van der Waals surface area (Å²) in [4.78, 5) is 14.5. The summed E-state index contributed by atoms with van der Waals surface area (Å²) in [6, 6.07) is 6.46. The van der Waals surface area contributed by atoms with Gasteiger partial charge in [0, 0.05) is 19.7 Å². The van der Waals surface area contributed by atoms with E-state index in [1.54, 1.807) is 17.8 Å². The molecule has 0 bridgehead atoms. The van der Waals surface area contributed by atoms with Gasteiger partial charge in [0.1, 0.15) is 11.6 Å². The van der Waals surface area contributed by atoms with Crippen LogP contribution in [0, 0.1) is 19.7 Å². The summed E-state index contributed by atoms with van der Waals surface area (Å²) in [6.07, 6.45) is 1.84. The van der Waals surface area contributed by atoms with Gasteiger partial charge in [-0.2, -0.15) is 5.10 Å². The number of rotatable bonds is 2. The van der Waals surface area contributed by atoms with Gasteiger partial charge in [-0.1, -0.05) is 6.07 Å². The summed E-state index contributed by atoms with van der Waals surface area (Å²) in [5.74, 6) is 0.430. The number of aryl methyl sites for hydroxylation is 3. The molecule has 1 N–H and O–H groups in total. The van der Waals surface area contributed by atoms with Crippen LogP contribution in [0.4, 0.5) is 15.0 Å². The largest absolute Gasteiger partial charge is 0.323 e. The highest BCUT2D eigenvalue weighted by Crippen LogP contribution is 2.34. The van der Waals surface area contributed by atoms with Crippen LogP contribution in [0.3, 0.4) is 0 Å². The predicted octanol–water partition coefficient (Wildman–Crippen LogP) is 3.55. The number of nitrogens with zero attached hydrogens (tertiary/aromatic N) is 3. The number of benzene rings is 1. The van der Waals surface area contributed by atoms with Gasteiger partial charge in [0.15, 0.2) is 0 Å². The second kappa shape index (κ2) is 6.02. The fraction of sp³-hybridized carbons (Fsp3) is 0.412. The van der Waals surface area contributed by atoms with Crippen LogP contribution < -0.4 is 5.32 Å². The van der Waals surface area contributed by atoms with Crippen LogP contribution in [-0.4, -0.2) is 27.3 Å². The zero-order valence-electron chi connectivity index (χ0n) is 13.6. The van der Waals surface area contributed by atoms with Crippen LogP contribution in [-0.2, 0) is 7.05 Å². The molecular weight excluding hydrogens is 295 g/mol. The lowest BCUT2D eigenvalue weighted by Gasteiger charge is -2.26. The maximum absolute atomic E-state index is 13.3. The Balaban J connectivity index is 1.81. The minimum absolute atomic E-state index is 0.00933. The van der Waals surface area contributed by atoms with Crippen LogP contribution in [0.25, 0.3) is 0 Å². The number of halogens is 1. The Morgan fingerprint density at radius 1 is 1.35 bits per heavy atom. The quantitative estimate of drug-likeness (QED) is 0.921. The summed E-state index contributed by atoms with van der Waals surface area (Å²) >= 11 is 0. The molecule has 122 valence electrons. The molecule has 0 radical (unpaired) electrons. The van der Waals surface area contributed by atoms with Crippen molar-refractivity contribution in [3.63, 3.8) is 0 Å². The average Bonchev–Trinajstić information content (AvgIpc) is 3.06. The third-order valence-corrected chi connectivity index (χ3v) is 4.34. The number of hydrogen-bond donors (Lipinski definition) is 1. The summed E-state index contributed by atoms with van der Waals surface area (Å²) in [5, 5.41) is 7.15. The van der Waals surface area contributed by atoms with Crippen molar-refractivity contribution in [2.24, 2.45) is 7.05 Å². The van der Waals surface area contributed by atoms with Crippen molar-refractivity contribution in [2.45, 2.75) is 32.7 Å². The Bertz CT molecular complexity index is 740. The third kappa shape index (κ3) is 3.06. The standard InChI is InChI=1S/C17H21FN4O/c1-11-9-13(18)6-7-14(11)15-5-4-8-22(15)17(23)19-16-10-12(2)20-21(16)3/h6-7,9-10,15H,4-5,8H2,1-3H3,(H,19,23). The molecule has 0 spiro atoms. The van der Waals surface area contributed by atoms with Gasteiger partial charge in [-0.15, -0.1) is 0 Å². The molecular formula is C17H21FN4O. The summed E-state index contributed by atoms with van der Waals surface area (Å²) in [7, 11) is 1.80. The minimum atomic E-state index is -0.245. The van der Waals surface area contributed by atoms with Crippen LogP contribution in [0.2, 0.25) is 0 Å². The van der Waals surface area contributed by atoms with E-state index in [0.717, 1.165) is 29.7 Å². The molecule has 1 atom stereocenters. The van der Waals surface area contributed by atoms with Gasteiger partial charge >= 0.3 is 6.03 Å². The van der Waals surface area contributed by atoms with Gasteiger partial charge in [-0.25, -0.2) is 9.18 Å². The Kier molecular flexibility index (Phi) is 4.07. The van der Waals surface area contributed by atoms with E-state index in [-0.39, 0.29) is 17.9 Å². The number of amides is 2. The first kappa shape index (κ1) is 15.5. The van der Waals surface area contributed by atoms with E-state index < -0.39 is 0 Å². The van der Waals surface area contributed by atoms with Crippen LogP contribution >= 0.6 is 0 Å². The van der Waals surface area contributed by atoms with Crippen molar-refractivity contribution in [1.82, 2.24) is 14.7 Å². The first-order valence-electron chi connectivity index (χ1n) is 7.80. The topological polar surface area (TPSA) is 50.2 Å². The summed E-state index contributed by atoms with van der Waals surface area (Å²) in [5.41, 5.74) is 2.75. The van der Waals surface area contributed by atoms with Crippen molar-refractivity contribution in [2.75, 3.05) is 11.9 Å². The molecule has 6 heteroatoms. The maximum Gasteiger partial charge on any atom is 0.323 e. The third-order valence-electron chi connectivity index (χ3n) is 4.34. The van der Waals surface area contributed by atoms with Crippen molar-refractivity contribution in [1.29, 1.82) is 0 Å². The maximum atomic E-state index is 13.3. The van der Waals surface area contributed by atoms with Crippen LogP contribution in [0.1, 0.15) is 35.7 Å². The molecule has 5 nitrogen and oxygen atoms in total. The van der Waals surface area contributed by atoms with Gasteiger partial charge in [-0.3, -0.25) is 10.00 Å². The molecule has 1 aromatic carbocycles. The monoisotopic (exact) mass is 316 g/mol. The number of likely N-dealkylation sites (tertiary alicyclic amines) is 1. The number of hydrogen-bond acceptors (Lipinski definition) is 2. The number of carbonyl (C=O) groups is 1.